The van der Waals surface area contributed by atoms with Crippen molar-refractivity contribution in [3.8, 4) is 0 Å². The van der Waals surface area contributed by atoms with Crippen molar-refractivity contribution < 1.29 is 14.7 Å². The fourth-order valence-corrected chi connectivity index (χ4v) is 2.27. The molecule has 0 bridgehead atoms. The van der Waals surface area contributed by atoms with Crippen LogP contribution >= 0.6 is 0 Å². The molecule has 1 saturated heterocycles. The number of carbonyl (C=O) groups excluding carboxylic acids is 2. The van der Waals surface area contributed by atoms with E-state index < -0.39 is 0 Å². The minimum atomic E-state index is -0.228. The summed E-state index contributed by atoms with van der Waals surface area (Å²) in [6.07, 6.45) is 1.22. The first-order chi connectivity index (χ1) is 9.54. The van der Waals surface area contributed by atoms with Crippen molar-refractivity contribution in [1.82, 2.24) is 4.90 Å². The van der Waals surface area contributed by atoms with Crippen LogP contribution in [0.3, 0.4) is 0 Å². The fourth-order valence-electron chi connectivity index (χ4n) is 2.27. The molecule has 2 rings (SSSR count). The monoisotopic (exact) mass is 276 g/mol. The zero-order chi connectivity index (χ0) is 14.5. The van der Waals surface area contributed by atoms with E-state index in [4.69, 9.17) is 0 Å². The molecule has 20 heavy (non-hydrogen) atoms. The standard InChI is InChI=1S/C15H20N2O3/c1-11(18)12-2-4-13(5-3-12)16-15(20)10-17-8-6-14(19)7-9-17/h2-5,14,19H,6-10H2,1H3,(H,16,20). The highest BCUT2D eigenvalue weighted by Crippen LogP contribution is 2.12. The fraction of sp³-hybridized carbons (Fsp3) is 0.467. The smallest absolute Gasteiger partial charge is 0.238 e. The van der Waals surface area contributed by atoms with Crippen LogP contribution < -0.4 is 5.32 Å². The first-order valence-electron chi connectivity index (χ1n) is 6.86. The summed E-state index contributed by atoms with van der Waals surface area (Å²) >= 11 is 0. The van der Waals surface area contributed by atoms with Gasteiger partial charge in [-0.25, -0.2) is 0 Å². The van der Waals surface area contributed by atoms with Gasteiger partial charge in [0, 0.05) is 24.3 Å². The number of nitrogens with zero attached hydrogens (tertiary/aromatic N) is 1. The number of nitrogens with one attached hydrogen (secondary N) is 1. The van der Waals surface area contributed by atoms with E-state index in [2.05, 4.69) is 5.32 Å². The van der Waals surface area contributed by atoms with E-state index in [0.29, 0.717) is 17.8 Å². The van der Waals surface area contributed by atoms with E-state index in [9.17, 15) is 14.7 Å². The van der Waals surface area contributed by atoms with Crippen molar-refractivity contribution in [2.75, 3.05) is 25.0 Å². The lowest BCUT2D eigenvalue weighted by atomic mass is 10.1. The van der Waals surface area contributed by atoms with Crippen molar-refractivity contribution in [2.24, 2.45) is 0 Å². The number of benzene rings is 1. The predicted octanol–water partition coefficient (Wildman–Crippen LogP) is 1.28. The highest BCUT2D eigenvalue weighted by atomic mass is 16.3. The third-order valence-electron chi connectivity index (χ3n) is 3.50. The molecule has 1 aromatic rings. The quantitative estimate of drug-likeness (QED) is 0.813. The Balaban J connectivity index is 1.83. The molecule has 5 heteroatoms. The number of likely N-dealkylation sites (tertiary alicyclic amines) is 1. The molecule has 108 valence electrons. The summed E-state index contributed by atoms with van der Waals surface area (Å²) < 4.78 is 0. The van der Waals surface area contributed by atoms with Gasteiger partial charge in [-0.15, -0.1) is 0 Å². The van der Waals surface area contributed by atoms with E-state index in [-0.39, 0.29) is 17.8 Å². The lowest BCUT2D eigenvalue weighted by Crippen LogP contribution is -2.40. The van der Waals surface area contributed by atoms with Crippen LogP contribution in [0.2, 0.25) is 0 Å². The molecule has 5 nitrogen and oxygen atoms in total. The molecule has 1 aliphatic rings. The molecule has 1 aromatic carbocycles. The normalized spacial score (nSPS) is 16.9. The van der Waals surface area contributed by atoms with Gasteiger partial charge in [-0.1, -0.05) is 0 Å². The van der Waals surface area contributed by atoms with Gasteiger partial charge in [0.15, 0.2) is 5.78 Å². The van der Waals surface area contributed by atoms with Gasteiger partial charge in [0.25, 0.3) is 0 Å². The number of anilines is 1. The number of aliphatic hydroxyl groups is 1. The molecule has 1 aliphatic heterocycles. The van der Waals surface area contributed by atoms with Crippen LogP contribution in [0.1, 0.15) is 30.1 Å². The molecule has 1 amide bonds. The topological polar surface area (TPSA) is 69.6 Å². The first-order valence-corrected chi connectivity index (χ1v) is 6.86. The van der Waals surface area contributed by atoms with E-state index in [1.807, 2.05) is 4.90 Å². The van der Waals surface area contributed by atoms with Crippen molar-refractivity contribution in [3.63, 3.8) is 0 Å². The molecular formula is C15H20N2O3. The average Bonchev–Trinajstić information content (AvgIpc) is 2.42. The van der Waals surface area contributed by atoms with Gasteiger partial charge < -0.3 is 10.4 Å². The van der Waals surface area contributed by atoms with E-state index >= 15 is 0 Å². The summed E-state index contributed by atoms with van der Waals surface area (Å²) in [4.78, 5) is 25.1. The van der Waals surface area contributed by atoms with Crippen molar-refractivity contribution in [3.05, 3.63) is 29.8 Å². The molecule has 2 N–H and O–H groups in total. The molecule has 1 heterocycles. The largest absolute Gasteiger partial charge is 0.393 e. The number of carbonyl (C=O) groups is 2. The number of hydrogen-bond donors (Lipinski definition) is 2. The Kier molecular flexibility index (Phi) is 4.87. The summed E-state index contributed by atoms with van der Waals surface area (Å²) in [5.41, 5.74) is 1.32. The summed E-state index contributed by atoms with van der Waals surface area (Å²) in [5.74, 6) is -0.0632. The SMILES string of the molecule is CC(=O)c1ccc(NC(=O)CN2CCC(O)CC2)cc1. The van der Waals surface area contributed by atoms with Crippen LogP contribution in [0.4, 0.5) is 5.69 Å². The van der Waals surface area contributed by atoms with Crippen LogP contribution in [0.5, 0.6) is 0 Å². The molecule has 0 unspecified atom stereocenters. The van der Waals surface area contributed by atoms with Crippen LogP contribution in [0.25, 0.3) is 0 Å². The van der Waals surface area contributed by atoms with Crippen LogP contribution in [-0.4, -0.2) is 47.4 Å². The van der Waals surface area contributed by atoms with Gasteiger partial charge in [-0.2, -0.15) is 0 Å². The average molecular weight is 276 g/mol. The maximum absolute atomic E-state index is 11.9. The summed E-state index contributed by atoms with van der Waals surface area (Å²) in [6, 6.07) is 6.87. The van der Waals surface area contributed by atoms with E-state index in [0.717, 1.165) is 25.9 Å². The number of piperidine rings is 1. The number of amides is 1. The Morgan fingerprint density at radius 2 is 1.85 bits per heavy atom. The lowest BCUT2D eigenvalue weighted by Gasteiger charge is -2.28. The van der Waals surface area contributed by atoms with Gasteiger partial charge in [0.1, 0.15) is 0 Å². The number of Topliss-reactive ketones (excluding diaryl/α,β-unsaturated/α-hetero) is 1. The Hall–Kier alpha value is -1.72. The van der Waals surface area contributed by atoms with Crippen molar-refractivity contribution in [1.29, 1.82) is 0 Å². The van der Waals surface area contributed by atoms with Gasteiger partial charge >= 0.3 is 0 Å². The highest BCUT2D eigenvalue weighted by Gasteiger charge is 2.18. The molecule has 0 aromatic heterocycles. The van der Waals surface area contributed by atoms with Gasteiger partial charge in [-0.05, 0) is 44.0 Å². The summed E-state index contributed by atoms with van der Waals surface area (Å²) in [6.45, 7) is 3.34. The molecule has 0 aliphatic carbocycles. The van der Waals surface area contributed by atoms with Gasteiger partial charge in [0.2, 0.25) is 5.91 Å². The second-order valence-corrected chi connectivity index (χ2v) is 5.19. The molecular weight excluding hydrogens is 256 g/mol. The first kappa shape index (κ1) is 14.7. The number of ketones is 1. The minimum absolute atomic E-state index is 0.00903. The van der Waals surface area contributed by atoms with E-state index in [1.54, 1.807) is 24.3 Å². The summed E-state index contributed by atoms with van der Waals surface area (Å²) in [5, 5.41) is 12.2. The zero-order valence-electron chi connectivity index (χ0n) is 11.6. The Labute approximate surface area is 118 Å². The lowest BCUT2D eigenvalue weighted by molar-refractivity contribution is -0.117. The number of aliphatic hydroxyl groups excluding tert-OH is 1. The zero-order valence-corrected chi connectivity index (χ0v) is 11.6. The molecule has 0 spiro atoms. The Morgan fingerprint density at radius 1 is 1.25 bits per heavy atom. The van der Waals surface area contributed by atoms with Crippen LogP contribution in [0, 0.1) is 0 Å². The van der Waals surface area contributed by atoms with Crippen molar-refractivity contribution in [2.45, 2.75) is 25.9 Å². The van der Waals surface area contributed by atoms with E-state index in [1.165, 1.54) is 6.92 Å². The van der Waals surface area contributed by atoms with Gasteiger partial charge in [-0.3, -0.25) is 14.5 Å². The van der Waals surface area contributed by atoms with Crippen molar-refractivity contribution >= 4 is 17.4 Å². The molecule has 0 saturated carbocycles. The highest BCUT2D eigenvalue weighted by molar-refractivity contribution is 5.96. The second-order valence-electron chi connectivity index (χ2n) is 5.19. The third-order valence-corrected chi connectivity index (χ3v) is 3.50. The maximum Gasteiger partial charge on any atom is 0.238 e. The maximum atomic E-state index is 11.9. The van der Waals surface area contributed by atoms with Gasteiger partial charge in [0.05, 0.1) is 12.6 Å². The Morgan fingerprint density at radius 3 is 2.40 bits per heavy atom. The third kappa shape index (κ3) is 4.15. The minimum Gasteiger partial charge on any atom is -0.393 e. The molecule has 0 radical (unpaired) electrons. The summed E-state index contributed by atoms with van der Waals surface area (Å²) in [7, 11) is 0. The second kappa shape index (κ2) is 6.63. The molecule has 1 fully saturated rings. The van der Waals surface area contributed by atoms with Crippen LogP contribution in [0.15, 0.2) is 24.3 Å². The Bertz CT molecular complexity index is 476. The van der Waals surface area contributed by atoms with Crippen LogP contribution in [-0.2, 0) is 4.79 Å². The number of hydrogen-bond acceptors (Lipinski definition) is 4. The predicted molar refractivity (Wildman–Crippen MR) is 76.8 cm³/mol. The number of rotatable bonds is 4. The molecule has 0 atom stereocenters.